The molecule has 2 rings (SSSR count). The van der Waals surface area contributed by atoms with Gasteiger partial charge in [-0.3, -0.25) is 0 Å². The zero-order valence-electron chi connectivity index (χ0n) is 13.1. The molecule has 21 heavy (non-hydrogen) atoms. The lowest BCUT2D eigenvalue weighted by atomic mass is 10.1. The Morgan fingerprint density at radius 1 is 1.43 bits per heavy atom. The van der Waals surface area contributed by atoms with Crippen LogP contribution in [0.5, 0.6) is 5.75 Å². The largest absolute Gasteiger partial charge is 0.491 e. The number of aliphatic hydroxyl groups excluding tert-OH is 1. The Hall–Kier alpha value is -1.10. The molecule has 1 aromatic rings. The highest BCUT2D eigenvalue weighted by atomic mass is 16.5. The van der Waals surface area contributed by atoms with Crippen molar-refractivity contribution in [1.82, 2.24) is 5.32 Å². The van der Waals surface area contributed by atoms with Crippen LogP contribution in [0.2, 0.25) is 0 Å². The first-order valence-corrected chi connectivity index (χ1v) is 7.85. The number of aryl methyl sites for hydroxylation is 2. The van der Waals surface area contributed by atoms with E-state index in [4.69, 9.17) is 9.47 Å². The lowest BCUT2D eigenvalue weighted by molar-refractivity contribution is 0.0940. The summed E-state index contributed by atoms with van der Waals surface area (Å²) in [5, 5.41) is 13.2. The molecule has 4 heteroatoms. The average molecular weight is 293 g/mol. The molecule has 0 spiro atoms. The van der Waals surface area contributed by atoms with Gasteiger partial charge in [0.25, 0.3) is 0 Å². The monoisotopic (exact) mass is 293 g/mol. The highest BCUT2D eigenvalue weighted by Gasteiger charge is 2.14. The van der Waals surface area contributed by atoms with Crippen LogP contribution >= 0.6 is 0 Å². The summed E-state index contributed by atoms with van der Waals surface area (Å²) in [7, 11) is 0. The highest BCUT2D eigenvalue weighted by molar-refractivity contribution is 5.35. The van der Waals surface area contributed by atoms with E-state index in [0.717, 1.165) is 30.9 Å². The van der Waals surface area contributed by atoms with Crippen LogP contribution < -0.4 is 10.1 Å². The van der Waals surface area contributed by atoms with Gasteiger partial charge in [0.2, 0.25) is 0 Å². The zero-order valence-corrected chi connectivity index (χ0v) is 13.1. The second-order valence-corrected chi connectivity index (χ2v) is 5.86. The van der Waals surface area contributed by atoms with Gasteiger partial charge in [-0.2, -0.15) is 0 Å². The van der Waals surface area contributed by atoms with E-state index in [1.54, 1.807) is 0 Å². The number of aliphatic hydroxyl groups is 1. The van der Waals surface area contributed by atoms with Crippen LogP contribution in [-0.2, 0) is 4.74 Å². The Morgan fingerprint density at radius 3 is 3.00 bits per heavy atom. The number of hydrogen-bond donors (Lipinski definition) is 2. The molecule has 1 heterocycles. The van der Waals surface area contributed by atoms with Gasteiger partial charge in [0, 0.05) is 13.2 Å². The maximum atomic E-state index is 9.93. The minimum atomic E-state index is -0.491. The number of benzene rings is 1. The van der Waals surface area contributed by atoms with E-state index in [-0.39, 0.29) is 0 Å². The SMILES string of the molecule is Cc1ccc(OCC(O)CNCCC2CCCO2)c(C)c1. The standard InChI is InChI=1S/C17H27NO3/c1-13-5-6-17(14(2)10-13)21-12-15(19)11-18-8-7-16-4-3-9-20-16/h5-6,10,15-16,18-19H,3-4,7-9,11-12H2,1-2H3. The molecule has 0 saturated carbocycles. The second-order valence-electron chi connectivity index (χ2n) is 5.86. The first-order valence-electron chi connectivity index (χ1n) is 7.85. The molecule has 0 radical (unpaired) electrons. The summed E-state index contributed by atoms with van der Waals surface area (Å²) in [6, 6.07) is 6.07. The predicted molar refractivity (Wildman–Crippen MR) is 83.9 cm³/mol. The number of nitrogens with one attached hydrogen (secondary N) is 1. The van der Waals surface area contributed by atoms with Gasteiger partial charge in [0.1, 0.15) is 18.5 Å². The van der Waals surface area contributed by atoms with E-state index in [0.29, 0.717) is 19.3 Å². The summed E-state index contributed by atoms with van der Waals surface area (Å²) in [5.41, 5.74) is 2.32. The second kappa shape index (κ2) is 8.37. The van der Waals surface area contributed by atoms with Crippen molar-refractivity contribution in [2.45, 2.75) is 45.3 Å². The van der Waals surface area contributed by atoms with E-state index >= 15 is 0 Å². The maximum Gasteiger partial charge on any atom is 0.122 e. The summed E-state index contributed by atoms with van der Waals surface area (Å²) in [6.45, 7) is 6.73. The Morgan fingerprint density at radius 2 is 2.29 bits per heavy atom. The molecule has 1 aliphatic heterocycles. The van der Waals surface area contributed by atoms with Crippen molar-refractivity contribution in [2.75, 3.05) is 26.3 Å². The third-order valence-corrected chi connectivity index (χ3v) is 3.81. The molecule has 0 bridgehead atoms. The van der Waals surface area contributed by atoms with Crippen LogP contribution in [0.15, 0.2) is 18.2 Å². The molecule has 2 unspecified atom stereocenters. The topological polar surface area (TPSA) is 50.7 Å². The van der Waals surface area contributed by atoms with Gasteiger partial charge in [0.05, 0.1) is 6.10 Å². The molecule has 0 amide bonds. The zero-order chi connectivity index (χ0) is 15.1. The normalized spacial score (nSPS) is 19.7. The first-order chi connectivity index (χ1) is 10.1. The summed E-state index contributed by atoms with van der Waals surface area (Å²) in [4.78, 5) is 0. The first kappa shape index (κ1) is 16.3. The molecular formula is C17H27NO3. The molecular weight excluding hydrogens is 266 g/mol. The van der Waals surface area contributed by atoms with E-state index in [1.807, 2.05) is 19.1 Å². The van der Waals surface area contributed by atoms with Crippen molar-refractivity contribution in [3.63, 3.8) is 0 Å². The third kappa shape index (κ3) is 5.65. The van der Waals surface area contributed by atoms with Crippen LogP contribution in [0.1, 0.15) is 30.4 Å². The van der Waals surface area contributed by atoms with Crippen molar-refractivity contribution in [3.8, 4) is 5.75 Å². The lowest BCUT2D eigenvalue weighted by Gasteiger charge is -2.15. The van der Waals surface area contributed by atoms with E-state index in [2.05, 4.69) is 18.3 Å². The third-order valence-electron chi connectivity index (χ3n) is 3.81. The lowest BCUT2D eigenvalue weighted by Crippen LogP contribution is -2.33. The fourth-order valence-electron chi connectivity index (χ4n) is 2.61. The highest BCUT2D eigenvalue weighted by Crippen LogP contribution is 2.18. The molecule has 1 aliphatic rings. The van der Waals surface area contributed by atoms with Crippen molar-refractivity contribution in [1.29, 1.82) is 0 Å². The number of hydrogen-bond acceptors (Lipinski definition) is 4. The van der Waals surface area contributed by atoms with Gasteiger partial charge in [-0.25, -0.2) is 0 Å². The molecule has 4 nitrogen and oxygen atoms in total. The number of ether oxygens (including phenoxy) is 2. The molecule has 2 atom stereocenters. The predicted octanol–water partition coefficient (Wildman–Crippen LogP) is 2.20. The van der Waals surface area contributed by atoms with E-state index in [9.17, 15) is 5.11 Å². The van der Waals surface area contributed by atoms with Crippen molar-refractivity contribution in [3.05, 3.63) is 29.3 Å². The Balaban J connectivity index is 1.59. The van der Waals surface area contributed by atoms with Gasteiger partial charge in [-0.1, -0.05) is 17.7 Å². The Kier molecular flexibility index (Phi) is 6.49. The van der Waals surface area contributed by atoms with E-state index in [1.165, 1.54) is 18.4 Å². The van der Waals surface area contributed by atoms with Gasteiger partial charge in [-0.05, 0) is 51.3 Å². The molecule has 1 fully saturated rings. The Bertz CT molecular complexity index is 430. The van der Waals surface area contributed by atoms with Gasteiger partial charge < -0.3 is 19.9 Å². The fraction of sp³-hybridized carbons (Fsp3) is 0.647. The summed E-state index contributed by atoms with van der Waals surface area (Å²) < 4.78 is 11.2. The van der Waals surface area contributed by atoms with Crippen LogP contribution in [0.3, 0.4) is 0 Å². The summed E-state index contributed by atoms with van der Waals surface area (Å²) in [5.74, 6) is 0.846. The van der Waals surface area contributed by atoms with Crippen LogP contribution in [-0.4, -0.2) is 43.6 Å². The van der Waals surface area contributed by atoms with Crippen molar-refractivity contribution >= 4 is 0 Å². The van der Waals surface area contributed by atoms with Crippen molar-refractivity contribution < 1.29 is 14.6 Å². The smallest absolute Gasteiger partial charge is 0.122 e. The molecule has 2 N–H and O–H groups in total. The van der Waals surface area contributed by atoms with Crippen LogP contribution in [0.25, 0.3) is 0 Å². The van der Waals surface area contributed by atoms with Crippen LogP contribution in [0, 0.1) is 13.8 Å². The Labute approximate surface area is 127 Å². The number of rotatable bonds is 8. The van der Waals surface area contributed by atoms with Crippen LogP contribution in [0.4, 0.5) is 0 Å². The van der Waals surface area contributed by atoms with Gasteiger partial charge >= 0.3 is 0 Å². The molecule has 1 saturated heterocycles. The quantitative estimate of drug-likeness (QED) is 0.722. The summed E-state index contributed by atoms with van der Waals surface area (Å²) >= 11 is 0. The van der Waals surface area contributed by atoms with Crippen molar-refractivity contribution in [2.24, 2.45) is 0 Å². The van der Waals surface area contributed by atoms with Gasteiger partial charge in [-0.15, -0.1) is 0 Å². The fourth-order valence-corrected chi connectivity index (χ4v) is 2.61. The average Bonchev–Trinajstić information content (AvgIpc) is 2.96. The minimum absolute atomic E-state index is 0.316. The molecule has 118 valence electrons. The van der Waals surface area contributed by atoms with E-state index < -0.39 is 6.10 Å². The molecule has 0 aromatic heterocycles. The summed E-state index contributed by atoms with van der Waals surface area (Å²) in [6.07, 6.45) is 3.28. The minimum Gasteiger partial charge on any atom is -0.491 e. The van der Waals surface area contributed by atoms with Gasteiger partial charge in [0.15, 0.2) is 0 Å². The maximum absolute atomic E-state index is 9.93. The molecule has 1 aromatic carbocycles. The molecule has 0 aliphatic carbocycles.